The van der Waals surface area contributed by atoms with Gasteiger partial charge in [0.2, 0.25) is 5.91 Å². The van der Waals surface area contributed by atoms with Crippen LogP contribution >= 0.6 is 0 Å². The number of carbonyl (C=O) groups is 1. The lowest BCUT2D eigenvalue weighted by atomic mass is 10.1. The normalized spacial score (nSPS) is 12.3. The Bertz CT molecular complexity index is 638. The highest BCUT2D eigenvalue weighted by molar-refractivity contribution is 5.78. The SMILES string of the molecule is O=C(CC=Cc1ccc(F)cc1)NCCC(O)c1ccccc1. The zero-order valence-electron chi connectivity index (χ0n) is 12.8. The van der Waals surface area contributed by atoms with E-state index in [1.165, 1.54) is 12.1 Å². The number of aliphatic hydroxyl groups is 1. The van der Waals surface area contributed by atoms with Crippen LogP contribution in [-0.2, 0) is 4.79 Å². The fraction of sp³-hybridized carbons (Fsp3) is 0.211. The quantitative estimate of drug-likeness (QED) is 0.822. The molecule has 1 amide bonds. The van der Waals surface area contributed by atoms with Crippen molar-refractivity contribution < 1.29 is 14.3 Å². The molecule has 2 N–H and O–H groups in total. The fourth-order valence-corrected chi connectivity index (χ4v) is 2.14. The first-order valence-corrected chi connectivity index (χ1v) is 7.57. The zero-order valence-corrected chi connectivity index (χ0v) is 12.8. The minimum absolute atomic E-state index is 0.108. The van der Waals surface area contributed by atoms with E-state index in [1.807, 2.05) is 30.3 Å². The number of rotatable bonds is 7. The first-order valence-electron chi connectivity index (χ1n) is 7.57. The summed E-state index contributed by atoms with van der Waals surface area (Å²) in [6, 6.07) is 15.4. The van der Waals surface area contributed by atoms with E-state index >= 15 is 0 Å². The van der Waals surface area contributed by atoms with Crippen LogP contribution in [0, 0.1) is 5.82 Å². The Labute approximate surface area is 135 Å². The summed E-state index contributed by atoms with van der Waals surface area (Å²) in [5.41, 5.74) is 1.69. The Morgan fingerprint density at radius 1 is 1.13 bits per heavy atom. The topological polar surface area (TPSA) is 49.3 Å². The molecule has 0 radical (unpaired) electrons. The van der Waals surface area contributed by atoms with Gasteiger partial charge in [0.1, 0.15) is 5.82 Å². The first-order chi connectivity index (χ1) is 11.1. The molecule has 3 nitrogen and oxygen atoms in total. The van der Waals surface area contributed by atoms with Crippen LogP contribution in [-0.4, -0.2) is 17.6 Å². The average Bonchev–Trinajstić information content (AvgIpc) is 2.57. The molecule has 0 saturated heterocycles. The standard InChI is InChI=1S/C19H20FNO2/c20-17-11-9-15(10-12-17)5-4-8-19(23)21-14-13-18(22)16-6-2-1-3-7-16/h1-7,9-12,18,22H,8,13-14H2,(H,21,23). The number of amides is 1. The van der Waals surface area contributed by atoms with E-state index in [0.717, 1.165) is 11.1 Å². The number of hydrogen-bond donors (Lipinski definition) is 2. The zero-order chi connectivity index (χ0) is 16.5. The van der Waals surface area contributed by atoms with Crippen molar-refractivity contribution in [1.29, 1.82) is 0 Å². The smallest absolute Gasteiger partial charge is 0.223 e. The lowest BCUT2D eigenvalue weighted by Crippen LogP contribution is -2.24. The highest BCUT2D eigenvalue weighted by Crippen LogP contribution is 2.14. The Morgan fingerprint density at radius 2 is 1.83 bits per heavy atom. The lowest BCUT2D eigenvalue weighted by molar-refractivity contribution is -0.120. The van der Waals surface area contributed by atoms with Gasteiger partial charge in [0, 0.05) is 13.0 Å². The van der Waals surface area contributed by atoms with Crippen molar-refractivity contribution in [3.63, 3.8) is 0 Å². The van der Waals surface area contributed by atoms with Crippen LogP contribution in [0.3, 0.4) is 0 Å². The van der Waals surface area contributed by atoms with Crippen molar-refractivity contribution in [2.45, 2.75) is 18.9 Å². The molecule has 0 aliphatic heterocycles. The van der Waals surface area contributed by atoms with Crippen molar-refractivity contribution in [1.82, 2.24) is 5.32 Å². The summed E-state index contributed by atoms with van der Waals surface area (Å²) in [5, 5.41) is 12.8. The Morgan fingerprint density at radius 3 is 2.52 bits per heavy atom. The highest BCUT2D eigenvalue weighted by atomic mass is 19.1. The van der Waals surface area contributed by atoms with Crippen molar-refractivity contribution >= 4 is 12.0 Å². The van der Waals surface area contributed by atoms with Crippen LogP contribution in [0.5, 0.6) is 0 Å². The number of nitrogens with one attached hydrogen (secondary N) is 1. The molecule has 0 bridgehead atoms. The second-order valence-electron chi connectivity index (χ2n) is 5.22. The molecule has 1 atom stereocenters. The summed E-state index contributed by atoms with van der Waals surface area (Å²) in [6.45, 7) is 0.416. The third-order valence-electron chi connectivity index (χ3n) is 3.41. The van der Waals surface area contributed by atoms with E-state index < -0.39 is 6.10 Å². The summed E-state index contributed by atoms with van der Waals surface area (Å²) < 4.78 is 12.8. The molecule has 23 heavy (non-hydrogen) atoms. The van der Waals surface area contributed by atoms with Gasteiger partial charge in [-0.2, -0.15) is 0 Å². The number of carbonyl (C=O) groups excluding carboxylic acids is 1. The number of aliphatic hydroxyl groups excluding tert-OH is 1. The number of halogens is 1. The van der Waals surface area contributed by atoms with Gasteiger partial charge in [0.15, 0.2) is 0 Å². The molecule has 1 unspecified atom stereocenters. The maximum atomic E-state index is 12.8. The van der Waals surface area contributed by atoms with Gasteiger partial charge in [0.05, 0.1) is 6.10 Å². The molecule has 0 spiro atoms. The fourth-order valence-electron chi connectivity index (χ4n) is 2.14. The first kappa shape index (κ1) is 16.9. The van der Waals surface area contributed by atoms with Crippen molar-refractivity contribution in [2.24, 2.45) is 0 Å². The van der Waals surface area contributed by atoms with E-state index in [4.69, 9.17) is 0 Å². The predicted octanol–water partition coefficient (Wildman–Crippen LogP) is 3.47. The van der Waals surface area contributed by atoms with Crippen LogP contribution in [0.2, 0.25) is 0 Å². The summed E-state index contributed by atoms with van der Waals surface area (Å²) in [4.78, 5) is 11.7. The van der Waals surface area contributed by atoms with E-state index in [9.17, 15) is 14.3 Å². The van der Waals surface area contributed by atoms with Crippen LogP contribution < -0.4 is 5.32 Å². The molecule has 0 aliphatic carbocycles. The van der Waals surface area contributed by atoms with Gasteiger partial charge in [-0.25, -0.2) is 4.39 Å². The van der Waals surface area contributed by atoms with Gasteiger partial charge in [-0.1, -0.05) is 54.6 Å². The van der Waals surface area contributed by atoms with Crippen LogP contribution in [0.1, 0.15) is 30.1 Å². The van der Waals surface area contributed by atoms with Gasteiger partial charge in [-0.3, -0.25) is 4.79 Å². The Hall–Kier alpha value is -2.46. The van der Waals surface area contributed by atoms with Crippen LogP contribution in [0.4, 0.5) is 4.39 Å². The van der Waals surface area contributed by atoms with Gasteiger partial charge < -0.3 is 10.4 Å². The van der Waals surface area contributed by atoms with Crippen molar-refractivity contribution in [2.75, 3.05) is 6.54 Å². The third kappa shape index (κ3) is 6.04. The number of benzene rings is 2. The predicted molar refractivity (Wildman–Crippen MR) is 89.1 cm³/mol. The minimum Gasteiger partial charge on any atom is -0.388 e. The average molecular weight is 313 g/mol. The van der Waals surface area contributed by atoms with E-state index in [-0.39, 0.29) is 18.1 Å². The highest BCUT2D eigenvalue weighted by Gasteiger charge is 2.07. The monoisotopic (exact) mass is 313 g/mol. The molecule has 4 heteroatoms. The molecule has 120 valence electrons. The van der Waals surface area contributed by atoms with Gasteiger partial charge in [0.25, 0.3) is 0 Å². The Kier molecular flexibility index (Phi) is 6.51. The molecule has 0 heterocycles. The maximum absolute atomic E-state index is 12.8. The largest absolute Gasteiger partial charge is 0.388 e. The maximum Gasteiger partial charge on any atom is 0.223 e. The van der Waals surface area contributed by atoms with Crippen molar-refractivity contribution in [3.8, 4) is 0 Å². The van der Waals surface area contributed by atoms with Gasteiger partial charge in [-0.15, -0.1) is 0 Å². The Balaban J connectivity index is 1.68. The molecule has 0 aromatic heterocycles. The van der Waals surface area contributed by atoms with Crippen molar-refractivity contribution in [3.05, 3.63) is 77.6 Å². The minimum atomic E-state index is -0.578. The van der Waals surface area contributed by atoms with Crippen LogP contribution in [0.15, 0.2) is 60.7 Å². The molecule has 2 rings (SSSR count). The summed E-state index contributed by atoms with van der Waals surface area (Å²) in [6.07, 6.45) is 3.65. The molecule has 0 fully saturated rings. The molecule has 0 aliphatic rings. The van der Waals surface area contributed by atoms with E-state index in [1.54, 1.807) is 24.3 Å². The molecular formula is C19H20FNO2. The molecule has 2 aromatic rings. The second kappa shape index (κ2) is 8.86. The second-order valence-corrected chi connectivity index (χ2v) is 5.22. The summed E-state index contributed by atoms with van der Waals surface area (Å²) in [7, 11) is 0. The lowest BCUT2D eigenvalue weighted by Gasteiger charge is -2.11. The van der Waals surface area contributed by atoms with E-state index in [2.05, 4.69) is 5.32 Å². The van der Waals surface area contributed by atoms with Gasteiger partial charge >= 0.3 is 0 Å². The summed E-state index contributed by atoms with van der Waals surface area (Å²) in [5.74, 6) is -0.388. The third-order valence-corrected chi connectivity index (χ3v) is 3.41. The molecular weight excluding hydrogens is 293 g/mol. The van der Waals surface area contributed by atoms with E-state index in [0.29, 0.717) is 13.0 Å². The van der Waals surface area contributed by atoms with Gasteiger partial charge in [-0.05, 0) is 29.7 Å². The van der Waals surface area contributed by atoms with Crippen LogP contribution in [0.25, 0.3) is 6.08 Å². The summed E-state index contributed by atoms with van der Waals surface area (Å²) >= 11 is 0. The molecule has 0 saturated carbocycles. The number of hydrogen-bond acceptors (Lipinski definition) is 2. The molecule has 2 aromatic carbocycles.